The van der Waals surface area contributed by atoms with Crippen LogP contribution < -0.4 is 10.1 Å². The lowest BCUT2D eigenvalue weighted by molar-refractivity contribution is 0.0691. The molecule has 1 aliphatic carbocycles. The van der Waals surface area contributed by atoms with Gasteiger partial charge >= 0.3 is 5.97 Å². The third-order valence-electron chi connectivity index (χ3n) is 4.51. The third kappa shape index (κ3) is 4.41. The van der Waals surface area contributed by atoms with Crippen molar-refractivity contribution in [3.63, 3.8) is 0 Å². The van der Waals surface area contributed by atoms with E-state index in [0.29, 0.717) is 24.0 Å². The second-order valence-corrected chi connectivity index (χ2v) is 6.37. The lowest BCUT2D eigenvalue weighted by atomic mass is 9.90. The molecule has 3 rings (SSSR count). The molecule has 6 heteroatoms. The zero-order valence-corrected chi connectivity index (χ0v) is 14.0. The SMILES string of the molecule is O=C(Nc1ccccc1OCC1CCCCC1)c1c[nH]c(C(=O)O)c1. The van der Waals surface area contributed by atoms with Crippen LogP contribution in [0.3, 0.4) is 0 Å². The number of carboxylic acids is 1. The van der Waals surface area contributed by atoms with Gasteiger partial charge in [-0.15, -0.1) is 0 Å². The number of nitrogens with one attached hydrogen (secondary N) is 2. The molecule has 6 nitrogen and oxygen atoms in total. The number of hydrogen-bond acceptors (Lipinski definition) is 3. The number of rotatable bonds is 6. The molecular formula is C19H22N2O4. The number of ether oxygens (including phenoxy) is 1. The maximum atomic E-state index is 12.3. The summed E-state index contributed by atoms with van der Waals surface area (Å²) in [5, 5.41) is 11.7. The van der Waals surface area contributed by atoms with E-state index in [2.05, 4.69) is 10.3 Å². The van der Waals surface area contributed by atoms with Gasteiger partial charge < -0.3 is 20.1 Å². The van der Waals surface area contributed by atoms with Crippen molar-refractivity contribution in [1.29, 1.82) is 0 Å². The number of aromatic amines is 1. The summed E-state index contributed by atoms with van der Waals surface area (Å²) in [6.45, 7) is 0.653. The minimum atomic E-state index is -1.10. The first kappa shape index (κ1) is 17.1. The number of aromatic nitrogens is 1. The fourth-order valence-corrected chi connectivity index (χ4v) is 3.10. The summed E-state index contributed by atoms with van der Waals surface area (Å²) < 4.78 is 5.94. The Labute approximate surface area is 146 Å². The smallest absolute Gasteiger partial charge is 0.352 e. The van der Waals surface area contributed by atoms with E-state index in [1.165, 1.54) is 44.4 Å². The van der Waals surface area contributed by atoms with Crippen LogP contribution in [0.5, 0.6) is 5.75 Å². The molecular weight excluding hydrogens is 320 g/mol. The quantitative estimate of drug-likeness (QED) is 0.742. The molecule has 3 N–H and O–H groups in total. The summed E-state index contributed by atoms with van der Waals surface area (Å²) >= 11 is 0. The molecule has 1 saturated carbocycles. The molecule has 25 heavy (non-hydrogen) atoms. The highest BCUT2D eigenvalue weighted by molar-refractivity contribution is 6.06. The topological polar surface area (TPSA) is 91.4 Å². The van der Waals surface area contributed by atoms with Crippen molar-refractivity contribution >= 4 is 17.6 Å². The number of H-pyrrole nitrogens is 1. The highest BCUT2D eigenvalue weighted by Gasteiger charge is 2.16. The summed E-state index contributed by atoms with van der Waals surface area (Å²) in [7, 11) is 0. The Bertz CT molecular complexity index is 747. The summed E-state index contributed by atoms with van der Waals surface area (Å²) in [5.74, 6) is -0.275. The van der Waals surface area contributed by atoms with Crippen molar-refractivity contribution in [3.8, 4) is 5.75 Å². The predicted octanol–water partition coefficient (Wildman–Crippen LogP) is 3.92. The number of anilines is 1. The molecule has 0 saturated heterocycles. The van der Waals surface area contributed by atoms with Crippen molar-refractivity contribution in [2.75, 3.05) is 11.9 Å². The van der Waals surface area contributed by atoms with Gasteiger partial charge in [0.15, 0.2) is 0 Å². The molecule has 1 aliphatic rings. The molecule has 1 fully saturated rings. The van der Waals surface area contributed by atoms with Gasteiger partial charge in [0, 0.05) is 6.20 Å². The van der Waals surface area contributed by atoms with Gasteiger partial charge in [-0.3, -0.25) is 4.79 Å². The summed E-state index contributed by atoms with van der Waals surface area (Å²) in [6.07, 6.45) is 7.58. The largest absolute Gasteiger partial charge is 0.491 e. The predicted molar refractivity (Wildman–Crippen MR) is 94.2 cm³/mol. The number of carboxylic acid groups (broad SMARTS) is 1. The van der Waals surface area contributed by atoms with E-state index >= 15 is 0 Å². The van der Waals surface area contributed by atoms with Gasteiger partial charge in [0.2, 0.25) is 0 Å². The van der Waals surface area contributed by atoms with Gasteiger partial charge in [-0.05, 0) is 37.0 Å². The zero-order chi connectivity index (χ0) is 17.6. The fourth-order valence-electron chi connectivity index (χ4n) is 3.10. The molecule has 132 valence electrons. The number of aromatic carboxylic acids is 1. The molecule has 0 spiro atoms. The maximum Gasteiger partial charge on any atom is 0.352 e. The second-order valence-electron chi connectivity index (χ2n) is 6.37. The first-order chi connectivity index (χ1) is 12.1. The molecule has 1 aromatic heterocycles. The highest BCUT2D eigenvalue weighted by Crippen LogP contribution is 2.28. The normalized spacial score (nSPS) is 14.9. The van der Waals surface area contributed by atoms with Crippen molar-refractivity contribution in [1.82, 2.24) is 4.98 Å². The van der Waals surface area contributed by atoms with Gasteiger partial charge in [0.1, 0.15) is 11.4 Å². The van der Waals surface area contributed by atoms with Gasteiger partial charge in [0.05, 0.1) is 17.9 Å². The van der Waals surface area contributed by atoms with Gasteiger partial charge in [-0.1, -0.05) is 31.4 Å². The minimum absolute atomic E-state index is 0.0213. The molecule has 1 amide bonds. The average molecular weight is 342 g/mol. The van der Waals surface area contributed by atoms with Crippen LogP contribution >= 0.6 is 0 Å². The van der Waals surface area contributed by atoms with Crippen molar-refractivity contribution in [2.24, 2.45) is 5.92 Å². The van der Waals surface area contributed by atoms with Crippen molar-refractivity contribution < 1.29 is 19.4 Å². The first-order valence-electron chi connectivity index (χ1n) is 8.58. The second kappa shape index (κ2) is 7.88. The van der Waals surface area contributed by atoms with E-state index in [4.69, 9.17) is 9.84 Å². The number of hydrogen-bond donors (Lipinski definition) is 3. The van der Waals surface area contributed by atoms with E-state index < -0.39 is 5.97 Å². The summed E-state index contributed by atoms with van der Waals surface area (Å²) in [4.78, 5) is 25.8. The minimum Gasteiger partial charge on any atom is -0.491 e. The maximum absolute atomic E-state index is 12.3. The molecule has 2 aromatic rings. The van der Waals surface area contributed by atoms with Crippen LogP contribution in [-0.2, 0) is 0 Å². The molecule has 0 aliphatic heterocycles. The molecule has 0 atom stereocenters. The Morgan fingerprint density at radius 3 is 2.68 bits per heavy atom. The van der Waals surface area contributed by atoms with Crippen LogP contribution in [0, 0.1) is 5.92 Å². The number of carbonyl (C=O) groups excluding carboxylic acids is 1. The van der Waals surface area contributed by atoms with Crippen LogP contribution in [0.15, 0.2) is 36.5 Å². The number of amides is 1. The lowest BCUT2D eigenvalue weighted by Gasteiger charge is -2.22. The van der Waals surface area contributed by atoms with Crippen LogP contribution in [0.25, 0.3) is 0 Å². The first-order valence-corrected chi connectivity index (χ1v) is 8.58. The Balaban J connectivity index is 1.65. The Hall–Kier alpha value is -2.76. The zero-order valence-electron chi connectivity index (χ0n) is 14.0. The molecule has 0 unspecified atom stereocenters. The van der Waals surface area contributed by atoms with Crippen molar-refractivity contribution in [2.45, 2.75) is 32.1 Å². The van der Waals surface area contributed by atoms with Crippen molar-refractivity contribution in [3.05, 3.63) is 47.8 Å². The third-order valence-corrected chi connectivity index (χ3v) is 4.51. The van der Waals surface area contributed by atoms with Crippen LogP contribution in [0.4, 0.5) is 5.69 Å². The van der Waals surface area contributed by atoms with E-state index in [-0.39, 0.29) is 17.2 Å². The molecule has 0 radical (unpaired) electrons. The van der Waals surface area contributed by atoms with Gasteiger partial charge in [0.25, 0.3) is 5.91 Å². The molecule has 0 bridgehead atoms. The lowest BCUT2D eigenvalue weighted by Crippen LogP contribution is -2.17. The summed E-state index contributed by atoms with van der Waals surface area (Å²) in [6, 6.07) is 8.60. The summed E-state index contributed by atoms with van der Waals surface area (Å²) in [5.41, 5.74) is 0.827. The Kier molecular flexibility index (Phi) is 5.38. The Morgan fingerprint density at radius 2 is 1.96 bits per heavy atom. The Morgan fingerprint density at radius 1 is 1.20 bits per heavy atom. The number of carbonyl (C=O) groups is 2. The standard InChI is InChI=1S/C19H22N2O4/c22-18(14-10-16(19(23)24)20-11-14)21-15-8-4-5-9-17(15)25-12-13-6-2-1-3-7-13/h4-5,8-11,13,20H,1-3,6-7,12H2,(H,21,22)(H,23,24). The van der Waals surface area contributed by atoms with Gasteiger partial charge in [-0.2, -0.15) is 0 Å². The fraction of sp³-hybridized carbons (Fsp3) is 0.368. The van der Waals surface area contributed by atoms with E-state index in [9.17, 15) is 9.59 Å². The molecule has 1 heterocycles. The van der Waals surface area contributed by atoms with Gasteiger partial charge in [-0.25, -0.2) is 4.79 Å². The van der Waals surface area contributed by atoms with E-state index in [0.717, 1.165) is 0 Å². The monoisotopic (exact) mass is 342 g/mol. The number of benzene rings is 1. The number of para-hydroxylation sites is 2. The average Bonchev–Trinajstić information content (AvgIpc) is 3.12. The highest BCUT2D eigenvalue weighted by atomic mass is 16.5. The van der Waals surface area contributed by atoms with E-state index in [1.807, 2.05) is 18.2 Å². The van der Waals surface area contributed by atoms with Crippen LogP contribution in [-0.4, -0.2) is 28.6 Å². The van der Waals surface area contributed by atoms with Crippen LogP contribution in [0.2, 0.25) is 0 Å². The van der Waals surface area contributed by atoms with E-state index in [1.54, 1.807) is 6.07 Å². The van der Waals surface area contributed by atoms with Crippen LogP contribution in [0.1, 0.15) is 53.0 Å². The molecule has 1 aromatic carbocycles.